The van der Waals surface area contributed by atoms with E-state index in [1.54, 1.807) is 14.2 Å². The van der Waals surface area contributed by atoms with E-state index in [-0.39, 0.29) is 6.10 Å². The first kappa shape index (κ1) is 11.1. The summed E-state index contributed by atoms with van der Waals surface area (Å²) >= 11 is 1.29. The first-order chi connectivity index (χ1) is 6.69. The zero-order valence-electron chi connectivity index (χ0n) is 8.53. The smallest absolute Gasteiger partial charge is 0.197 e. The van der Waals surface area contributed by atoms with E-state index in [4.69, 9.17) is 15.2 Å². The molecule has 6 heteroatoms. The lowest BCUT2D eigenvalue weighted by molar-refractivity contribution is 0.129. The van der Waals surface area contributed by atoms with Crippen molar-refractivity contribution in [1.82, 2.24) is 4.37 Å². The van der Waals surface area contributed by atoms with Crippen LogP contribution in [0, 0.1) is 0 Å². The molecule has 14 heavy (non-hydrogen) atoms. The van der Waals surface area contributed by atoms with Crippen LogP contribution in [0.3, 0.4) is 0 Å². The van der Waals surface area contributed by atoms with Crippen molar-refractivity contribution < 1.29 is 9.47 Å². The number of nitrogens with zero attached hydrogens (tertiary/aromatic N) is 1. The fraction of sp³-hybridized carbons (Fsp3) is 0.625. The molecule has 0 saturated heterocycles. The van der Waals surface area contributed by atoms with Gasteiger partial charge in [0, 0.05) is 13.7 Å². The molecular weight excluding hydrogens is 202 g/mol. The molecule has 0 spiro atoms. The lowest BCUT2D eigenvalue weighted by atomic mass is 10.4. The first-order valence-electron chi connectivity index (χ1n) is 4.24. The number of hydrogen-bond acceptors (Lipinski definition) is 6. The van der Waals surface area contributed by atoms with Crippen LogP contribution in [0.4, 0.5) is 10.8 Å². The predicted octanol–water partition coefficient (Wildman–Crippen LogP) is 1.18. The third-order valence-electron chi connectivity index (χ3n) is 1.83. The second-order valence-electron chi connectivity index (χ2n) is 2.86. The molecule has 0 fully saturated rings. The van der Waals surface area contributed by atoms with Gasteiger partial charge in [0.25, 0.3) is 0 Å². The number of nitrogen functional groups attached to an aromatic ring is 1. The van der Waals surface area contributed by atoms with E-state index in [1.807, 2.05) is 6.92 Å². The molecule has 1 aromatic rings. The summed E-state index contributed by atoms with van der Waals surface area (Å²) in [6, 6.07) is 0. The Hall–Kier alpha value is -1.01. The molecule has 0 amide bonds. The van der Waals surface area contributed by atoms with E-state index in [1.165, 1.54) is 11.5 Å². The predicted molar refractivity (Wildman–Crippen MR) is 58.0 cm³/mol. The fourth-order valence-electron chi connectivity index (χ4n) is 0.924. The van der Waals surface area contributed by atoms with Gasteiger partial charge >= 0.3 is 0 Å². The molecule has 0 radical (unpaired) electrons. The van der Waals surface area contributed by atoms with Crippen LogP contribution >= 0.6 is 11.5 Å². The number of hydrogen-bond donors (Lipinski definition) is 2. The van der Waals surface area contributed by atoms with Crippen molar-refractivity contribution in [2.24, 2.45) is 0 Å². The van der Waals surface area contributed by atoms with Crippen molar-refractivity contribution in [3.8, 4) is 5.75 Å². The topological polar surface area (TPSA) is 69.4 Å². The van der Waals surface area contributed by atoms with Gasteiger partial charge in [0.15, 0.2) is 16.6 Å². The molecule has 1 rings (SSSR count). The Balaban J connectivity index is 2.58. The zero-order chi connectivity index (χ0) is 10.6. The van der Waals surface area contributed by atoms with Gasteiger partial charge in [-0.25, -0.2) is 0 Å². The second kappa shape index (κ2) is 5.02. The van der Waals surface area contributed by atoms with Crippen LogP contribution < -0.4 is 15.8 Å². The van der Waals surface area contributed by atoms with E-state index < -0.39 is 0 Å². The molecule has 1 aromatic heterocycles. The average Bonchev–Trinajstić information content (AvgIpc) is 2.55. The van der Waals surface area contributed by atoms with Crippen molar-refractivity contribution in [3.05, 3.63) is 0 Å². The van der Waals surface area contributed by atoms with E-state index in [2.05, 4.69) is 9.69 Å². The van der Waals surface area contributed by atoms with Crippen LogP contribution in [-0.4, -0.2) is 31.2 Å². The summed E-state index contributed by atoms with van der Waals surface area (Å²) in [5.41, 5.74) is 5.59. The molecule has 0 aliphatic heterocycles. The number of aromatic nitrogens is 1. The molecule has 0 bridgehead atoms. The molecule has 0 saturated carbocycles. The summed E-state index contributed by atoms with van der Waals surface area (Å²) in [4.78, 5) is 0. The molecule has 80 valence electrons. The molecular formula is C8H15N3O2S. The maximum atomic E-state index is 5.59. The largest absolute Gasteiger partial charge is 0.490 e. The number of nitrogens with two attached hydrogens (primary N) is 1. The van der Waals surface area contributed by atoms with Crippen LogP contribution in [-0.2, 0) is 4.74 Å². The standard InChI is InChI=1S/C8H15N3O2S/c1-5(12-2)4-10-8-6(13-3)7(9)11-14-8/h5,10H,4H2,1-3H3,(H2,9,11). The summed E-state index contributed by atoms with van der Waals surface area (Å²) < 4.78 is 14.2. The van der Waals surface area contributed by atoms with Crippen LogP contribution in [0.25, 0.3) is 0 Å². The van der Waals surface area contributed by atoms with Crippen LogP contribution in [0.5, 0.6) is 5.75 Å². The van der Waals surface area contributed by atoms with Gasteiger partial charge in [-0.1, -0.05) is 0 Å². The summed E-state index contributed by atoms with van der Waals surface area (Å²) in [6.45, 7) is 2.68. The molecule has 1 atom stereocenters. The first-order valence-corrected chi connectivity index (χ1v) is 5.02. The Morgan fingerprint density at radius 3 is 2.86 bits per heavy atom. The molecule has 1 unspecified atom stereocenters. The summed E-state index contributed by atoms with van der Waals surface area (Å²) in [5.74, 6) is 1.03. The zero-order valence-corrected chi connectivity index (χ0v) is 9.35. The minimum atomic E-state index is 0.142. The van der Waals surface area contributed by atoms with Crippen molar-refractivity contribution >= 4 is 22.4 Å². The van der Waals surface area contributed by atoms with Crippen molar-refractivity contribution in [3.63, 3.8) is 0 Å². The second-order valence-corrected chi connectivity index (χ2v) is 3.63. The van der Waals surface area contributed by atoms with Crippen LogP contribution in [0.1, 0.15) is 6.92 Å². The Labute approximate surface area is 87.4 Å². The maximum absolute atomic E-state index is 5.59. The molecule has 1 heterocycles. The van der Waals surface area contributed by atoms with Crippen LogP contribution in [0.15, 0.2) is 0 Å². The minimum absolute atomic E-state index is 0.142. The van der Waals surface area contributed by atoms with E-state index in [0.29, 0.717) is 18.1 Å². The lowest BCUT2D eigenvalue weighted by Gasteiger charge is -2.10. The normalized spacial score (nSPS) is 12.5. The average molecular weight is 217 g/mol. The Bertz CT molecular complexity index is 290. The SMILES string of the molecule is COc1c(N)nsc1NCC(C)OC. The number of methoxy groups -OCH3 is 2. The van der Waals surface area contributed by atoms with Gasteiger partial charge in [0.1, 0.15) is 0 Å². The fourth-order valence-corrected chi connectivity index (χ4v) is 1.61. The van der Waals surface area contributed by atoms with Gasteiger partial charge in [-0.05, 0) is 18.5 Å². The highest BCUT2D eigenvalue weighted by Crippen LogP contribution is 2.34. The quantitative estimate of drug-likeness (QED) is 0.775. The van der Waals surface area contributed by atoms with Gasteiger partial charge in [0.2, 0.25) is 0 Å². The van der Waals surface area contributed by atoms with Gasteiger partial charge in [-0.15, -0.1) is 0 Å². The van der Waals surface area contributed by atoms with E-state index >= 15 is 0 Å². The maximum Gasteiger partial charge on any atom is 0.197 e. The molecule has 0 aliphatic rings. The Morgan fingerprint density at radius 1 is 1.57 bits per heavy atom. The summed E-state index contributed by atoms with van der Waals surface area (Å²) in [6.07, 6.45) is 0.142. The van der Waals surface area contributed by atoms with Crippen LogP contribution in [0.2, 0.25) is 0 Å². The highest BCUT2D eigenvalue weighted by Gasteiger charge is 2.11. The van der Waals surface area contributed by atoms with Gasteiger partial charge in [-0.3, -0.25) is 0 Å². The molecule has 5 nitrogen and oxygen atoms in total. The number of nitrogens with one attached hydrogen (secondary N) is 1. The molecule has 3 N–H and O–H groups in total. The lowest BCUT2D eigenvalue weighted by Crippen LogP contribution is -2.17. The van der Waals surface area contributed by atoms with Gasteiger partial charge in [0.05, 0.1) is 13.2 Å². The van der Waals surface area contributed by atoms with Crippen molar-refractivity contribution in [1.29, 1.82) is 0 Å². The highest BCUT2D eigenvalue weighted by molar-refractivity contribution is 7.11. The van der Waals surface area contributed by atoms with E-state index in [0.717, 1.165) is 5.00 Å². The van der Waals surface area contributed by atoms with Gasteiger partial charge in [-0.2, -0.15) is 4.37 Å². The summed E-state index contributed by atoms with van der Waals surface area (Å²) in [5, 5.41) is 4.00. The van der Waals surface area contributed by atoms with E-state index in [9.17, 15) is 0 Å². The third kappa shape index (κ3) is 2.49. The minimum Gasteiger partial charge on any atom is -0.490 e. The number of anilines is 2. The van der Waals surface area contributed by atoms with Crippen molar-refractivity contribution in [2.75, 3.05) is 31.8 Å². The summed E-state index contributed by atoms with van der Waals surface area (Å²) in [7, 11) is 3.25. The Kier molecular flexibility index (Phi) is 3.97. The van der Waals surface area contributed by atoms with Crippen molar-refractivity contribution in [2.45, 2.75) is 13.0 Å². The number of rotatable bonds is 5. The Morgan fingerprint density at radius 2 is 2.29 bits per heavy atom. The highest BCUT2D eigenvalue weighted by atomic mass is 32.1. The molecule has 0 aromatic carbocycles. The molecule has 0 aliphatic carbocycles. The monoisotopic (exact) mass is 217 g/mol. The third-order valence-corrected chi connectivity index (χ3v) is 2.63. The number of ether oxygens (including phenoxy) is 2. The van der Waals surface area contributed by atoms with Gasteiger partial charge < -0.3 is 20.5 Å².